The van der Waals surface area contributed by atoms with Crippen LogP contribution in [0.15, 0.2) is 36.7 Å². The van der Waals surface area contributed by atoms with E-state index >= 15 is 0 Å². The molecule has 1 heterocycles. The average molecular weight is 313 g/mol. The number of aromatic nitrogens is 2. The number of hydrogen-bond acceptors (Lipinski definition) is 3. The van der Waals surface area contributed by atoms with E-state index in [9.17, 15) is 9.59 Å². The van der Waals surface area contributed by atoms with Crippen LogP contribution in [0.4, 0.5) is 0 Å². The molecule has 0 fully saturated rings. The van der Waals surface area contributed by atoms with E-state index in [-0.39, 0.29) is 5.41 Å². The zero-order valence-electron chi connectivity index (χ0n) is 14.1. The Balaban J connectivity index is 1.90. The largest absolute Gasteiger partial charge is 0.349 e. The summed E-state index contributed by atoms with van der Waals surface area (Å²) in [5.74, 6) is -1.07. The number of aryl methyl sites for hydroxylation is 1. The van der Waals surface area contributed by atoms with Crippen molar-refractivity contribution in [3.05, 3.63) is 53.3 Å². The first-order valence-corrected chi connectivity index (χ1v) is 7.68. The maximum atomic E-state index is 12.1. The third-order valence-corrected chi connectivity index (χ3v) is 3.68. The number of ketones is 1. The highest BCUT2D eigenvalue weighted by atomic mass is 16.2. The van der Waals surface area contributed by atoms with Gasteiger partial charge in [-0.2, -0.15) is 5.10 Å². The van der Waals surface area contributed by atoms with E-state index in [0.29, 0.717) is 18.5 Å². The van der Waals surface area contributed by atoms with Crippen LogP contribution in [0.2, 0.25) is 0 Å². The van der Waals surface area contributed by atoms with E-state index in [2.05, 4.69) is 31.2 Å². The Hall–Kier alpha value is -2.43. The van der Waals surface area contributed by atoms with Crippen molar-refractivity contribution in [2.45, 2.75) is 32.6 Å². The molecule has 23 heavy (non-hydrogen) atoms. The van der Waals surface area contributed by atoms with Gasteiger partial charge in [-0.25, -0.2) is 0 Å². The molecule has 1 N–H and O–H groups in total. The molecule has 0 radical (unpaired) electrons. The minimum atomic E-state index is -0.572. The minimum Gasteiger partial charge on any atom is -0.349 e. The van der Waals surface area contributed by atoms with Crippen LogP contribution < -0.4 is 5.32 Å². The fourth-order valence-electron chi connectivity index (χ4n) is 2.25. The van der Waals surface area contributed by atoms with E-state index in [1.165, 1.54) is 0 Å². The molecule has 2 aromatic rings. The fraction of sp³-hybridized carbons (Fsp3) is 0.389. The number of amides is 1. The number of carbonyl (C=O) groups excluding carboxylic acids is 2. The summed E-state index contributed by atoms with van der Waals surface area (Å²) < 4.78 is 1.71. The average Bonchev–Trinajstić information content (AvgIpc) is 2.91. The lowest BCUT2D eigenvalue weighted by molar-refractivity contribution is -0.116. The second-order valence-corrected chi connectivity index (χ2v) is 6.68. The number of benzene rings is 1. The normalized spacial score (nSPS) is 11.3. The highest BCUT2D eigenvalue weighted by Gasteiger charge is 2.18. The molecule has 1 amide bonds. The molecule has 122 valence electrons. The smallest absolute Gasteiger partial charge is 0.292 e. The molecule has 0 aliphatic heterocycles. The first-order valence-electron chi connectivity index (χ1n) is 7.68. The van der Waals surface area contributed by atoms with Crippen molar-refractivity contribution in [2.75, 3.05) is 6.54 Å². The molecular formula is C18H23N3O2. The lowest BCUT2D eigenvalue weighted by atomic mass is 9.86. The summed E-state index contributed by atoms with van der Waals surface area (Å²) in [6.07, 6.45) is 4.29. The molecule has 0 spiro atoms. The quantitative estimate of drug-likeness (QED) is 0.680. The van der Waals surface area contributed by atoms with Crippen LogP contribution in [0.25, 0.3) is 0 Å². The van der Waals surface area contributed by atoms with Gasteiger partial charge in [0, 0.05) is 25.4 Å². The summed E-state index contributed by atoms with van der Waals surface area (Å²) in [6.45, 7) is 6.73. The molecule has 0 unspecified atom stereocenters. The molecule has 5 nitrogen and oxygen atoms in total. The van der Waals surface area contributed by atoms with Crippen LogP contribution in [0.5, 0.6) is 0 Å². The SMILES string of the molecule is Cn1cc(CCNC(=O)C(=O)c2ccc(C(C)(C)C)cc2)cn1. The number of hydrogen-bond donors (Lipinski definition) is 1. The van der Waals surface area contributed by atoms with Gasteiger partial charge in [0.1, 0.15) is 0 Å². The van der Waals surface area contributed by atoms with Crippen LogP contribution in [-0.4, -0.2) is 28.0 Å². The van der Waals surface area contributed by atoms with Gasteiger partial charge in [0.05, 0.1) is 6.20 Å². The van der Waals surface area contributed by atoms with Crippen LogP contribution in [0.3, 0.4) is 0 Å². The summed E-state index contributed by atoms with van der Waals surface area (Å²) >= 11 is 0. The molecule has 1 aromatic carbocycles. The van der Waals surface area contributed by atoms with Crippen LogP contribution in [-0.2, 0) is 23.7 Å². The number of Topliss-reactive ketones (excluding diaryl/α,β-unsaturated/α-hetero) is 1. The molecule has 0 atom stereocenters. The molecule has 0 aliphatic carbocycles. The maximum Gasteiger partial charge on any atom is 0.292 e. The lowest BCUT2D eigenvalue weighted by Crippen LogP contribution is -2.32. The Morgan fingerprint density at radius 1 is 1.17 bits per heavy atom. The van der Waals surface area contributed by atoms with E-state index in [1.807, 2.05) is 25.4 Å². The number of nitrogens with one attached hydrogen (secondary N) is 1. The van der Waals surface area contributed by atoms with Gasteiger partial charge in [-0.05, 0) is 23.0 Å². The van der Waals surface area contributed by atoms with Gasteiger partial charge in [-0.15, -0.1) is 0 Å². The molecule has 1 aromatic heterocycles. The Labute approximate surface area is 136 Å². The van der Waals surface area contributed by atoms with Gasteiger partial charge in [-0.1, -0.05) is 45.0 Å². The van der Waals surface area contributed by atoms with Crippen molar-refractivity contribution in [3.63, 3.8) is 0 Å². The highest BCUT2D eigenvalue weighted by molar-refractivity contribution is 6.42. The number of rotatable bonds is 5. The van der Waals surface area contributed by atoms with Crippen molar-refractivity contribution >= 4 is 11.7 Å². The van der Waals surface area contributed by atoms with Crippen LogP contribution >= 0.6 is 0 Å². The summed E-state index contributed by atoms with van der Waals surface area (Å²) in [6, 6.07) is 7.22. The molecule has 2 rings (SSSR count). The van der Waals surface area contributed by atoms with E-state index in [0.717, 1.165) is 11.1 Å². The molecule has 0 bridgehead atoms. The summed E-state index contributed by atoms with van der Waals surface area (Å²) in [4.78, 5) is 24.1. The maximum absolute atomic E-state index is 12.1. The first-order chi connectivity index (χ1) is 10.8. The Kier molecular flexibility index (Phi) is 4.98. The van der Waals surface area contributed by atoms with E-state index in [1.54, 1.807) is 23.0 Å². The zero-order chi connectivity index (χ0) is 17.0. The first kappa shape index (κ1) is 16.9. The number of nitrogens with zero attached hydrogens (tertiary/aromatic N) is 2. The van der Waals surface area contributed by atoms with Crippen molar-refractivity contribution < 1.29 is 9.59 Å². The van der Waals surface area contributed by atoms with E-state index in [4.69, 9.17) is 0 Å². The monoisotopic (exact) mass is 313 g/mol. The van der Waals surface area contributed by atoms with E-state index < -0.39 is 11.7 Å². The van der Waals surface area contributed by atoms with Gasteiger partial charge < -0.3 is 5.32 Å². The third-order valence-electron chi connectivity index (χ3n) is 3.68. The fourth-order valence-corrected chi connectivity index (χ4v) is 2.25. The molecule has 0 saturated carbocycles. The predicted molar refractivity (Wildman–Crippen MR) is 89.4 cm³/mol. The second kappa shape index (κ2) is 6.77. The Morgan fingerprint density at radius 3 is 2.35 bits per heavy atom. The van der Waals surface area contributed by atoms with Crippen LogP contribution in [0, 0.1) is 0 Å². The van der Waals surface area contributed by atoms with Gasteiger partial charge in [0.25, 0.3) is 5.91 Å². The van der Waals surface area contributed by atoms with Gasteiger partial charge >= 0.3 is 0 Å². The minimum absolute atomic E-state index is 0.0214. The zero-order valence-corrected chi connectivity index (χ0v) is 14.1. The summed E-state index contributed by atoms with van der Waals surface area (Å²) in [5.41, 5.74) is 2.59. The van der Waals surface area contributed by atoms with Crippen LogP contribution in [0.1, 0.15) is 42.3 Å². The Bertz CT molecular complexity index is 694. The van der Waals surface area contributed by atoms with Crippen molar-refractivity contribution in [2.24, 2.45) is 7.05 Å². The Morgan fingerprint density at radius 2 is 1.83 bits per heavy atom. The molecule has 5 heteroatoms. The lowest BCUT2D eigenvalue weighted by Gasteiger charge is -2.18. The van der Waals surface area contributed by atoms with Crippen molar-refractivity contribution in [1.29, 1.82) is 0 Å². The molecule has 0 saturated heterocycles. The van der Waals surface area contributed by atoms with Gasteiger partial charge in [-0.3, -0.25) is 14.3 Å². The van der Waals surface area contributed by atoms with Crippen molar-refractivity contribution in [1.82, 2.24) is 15.1 Å². The summed E-state index contributed by atoms with van der Waals surface area (Å²) in [7, 11) is 1.84. The molecule has 0 aliphatic rings. The van der Waals surface area contributed by atoms with Gasteiger partial charge in [0.15, 0.2) is 0 Å². The second-order valence-electron chi connectivity index (χ2n) is 6.68. The predicted octanol–water partition coefficient (Wildman–Crippen LogP) is 2.26. The number of carbonyl (C=O) groups is 2. The topological polar surface area (TPSA) is 64.0 Å². The third kappa shape index (κ3) is 4.52. The van der Waals surface area contributed by atoms with Crippen molar-refractivity contribution in [3.8, 4) is 0 Å². The summed E-state index contributed by atoms with van der Waals surface area (Å²) in [5, 5.41) is 6.72. The van der Waals surface area contributed by atoms with Gasteiger partial charge in [0.2, 0.25) is 5.78 Å². The standard InChI is InChI=1S/C18H23N3O2/c1-18(2,3)15-7-5-14(6-8-15)16(22)17(23)19-10-9-13-11-20-21(4)12-13/h5-8,11-12H,9-10H2,1-4H3,(H,19,23). The molecular weight excluding hydrogens is 290 g/mol. The highest BCUT2D eigenvalue weighted by Crippen LogP contribution is 2.22.